The molecule has 2 aromatic rings. The van der Waals surface area contributed by atoms with Crippen LogP contribution in [0.25, 0.3) is 0 Å². The Morgan fingerprint density at radius 2 is 2.22 bits per heavy atom. The van der Waals surface area contributed by atoms with Crippen molar-refractivity contribution in [2.24, 2.45) is 0 Å². The summed E-state index contributed by atoms with van der Waals surface area (Å²) in [7, 11) is 1.57. The van der Waals surface area contributed by atoms with Crippen LogP contribution < -0.4 is 9.47 Å². The van der Waals surface area contributed by atoms with Gasteiger partial charge in [-0.3, -0.25) is 0 Å². The van der Waals surface area contributed by atoms with E-state index >= 15 is 0 Å². The fourth-order valence-corrected chi connectivity index (χ4v) is 1.46. The number of ether oxygens (including phenoxy) is 2. The van der Waals surface area contributed by atoms with Crippen molar-refractivity contribution < 1.29 is 19.1 Å². The maximum atomic E-state index is 9.21. The Morgan fingerprint density at radius 3 is 2.83 bits per heavy atom. The van der Waals surface area contributed by atoms with Crippen molar-refractivity contribution in [3.05, 3.63) is 35.5 Å². The highest BCUT2D eigenvalue weighted by Gasteiger charge is 2.08. The van der Waals surface area contributed by atoms with Crippen molar-refractivity contribution in [2.75, 3.05) is 7.11 Å². The molecule has 1 aromatic carbocycles. The molecule has 96 valence electrons. The molecule has 0 atom stereocenters. The summed E-state index contributed by atoms with van der Waals surface area (Å²) in [6.07, 6.45) is 0. The molecule has 0 aliphatic rings. The van der Waals surface area contributed by atoms with E-state index in [4.69, 9.17) is 14.0 Å². The molecular formula is C12H14N2O4. The summed E-state index contributed by atoms with van der Waals surface area (Å²) in [5.41, 5.74) is 0.673. The summed E-state index contributed by atoms with van der Waals surface area (Å²) in [6.45, 7) is 1.78. The normalized spacial score (nSPS) is 10.4. The summed E-state index contributed by atoms with van der Waals surface area (Å²) in [4.78, 5) is 4.03. The second-order valence-electron chi connectivity index (χ2n) is 3.66. The number of nitrogens with zero attached hydrogens (tertiary/aromatic N) is 2. The summed E-state index contributed by atoms with van der Waals surface area (Å²) in [6, 6.07) is 5.21. The van der Waals surface area contributed by atoms with E-state index in [0.29, 0.717) is 28.8 Å². The van der Waals surface area contributed by atoms with Gasteiger partial charge in [0.25, 0.3) is 5.89 Å². The molecule has 0 unspecified atom stereocenters. The minimum Gasteiger partial charge on any atom is -0.497 e. The van der Waals surface area contributed by atoms with Crippen LogP contribution in [0.5, 0.6) is 11.5 Å². The van der Waals surface area contributed by atoms with Crippen LogP contribution >= 0.6 is 0 Å². The van der Waals surface area contributed by atoms with Crippen LogP contribution in [0.1, 0.15) is 17.3 Å². The molecule has 6 nitrogen and oxygen atoms in total. The maximum absolute atomic E-state index is 9.21. The average molecular weight is 250 g/mol. The number of rotatable bonds is 5. The third-order valence-electron chi connectivity index (χ3n) is 2.37. The van der Waals surface area contributed by atoms with Crippen LogP contribution in [0.15, 0.2) is 22.7 Å². The zero-order chi connectivity index (χ0) is 13.0. The minimum absolute atomic E-state index is 0.109. The lowest BCUT2D eigenvalue weighted by Crippen LogP contribution is -1.99. The molecule has 0 amide bonds. The Bertz CT molecular complexity index is 525. The summed E-state index contributed by atoms with van der Waals surface area (Å²) >= 11 is 0. The molecule has 0 spiro atoms. The highest BCUT2D eigenvalue weighted by molar-refractivity contribution is 5.40. The molecule has 0 saturated carbocycles. The molecule has 6 heteroatoms. The van der Waals surface area contributed by atoms with Gasteiger partial charge in [0.2, 0.25) is 0 Å². The smallest absolute Gasteiger partial charge is 0.264 e. The zero-order valence-electron chi connectivity index (χ0n) is 10.2. The maximum Gasteiger partial charge on any atom is 0.264 e. The van der Waals surface area contributed by atoms with Gasteiger partial charge in [-0.05, 0) is 19.1 Å². The molecule has 0 radical (unpaired) electrons. The Morgan fingerprint density at radius 1 is 1.39 bits per heavy atom. The number of aryl methyl sites for hydroxylation is 1. The van der Waals surface area contributed by atoms with E-state index in [1.54, 1.807) is 32.2 Å². The highest BCUT2D eigenvalue weighted by Crippen LogP contribution is 2.25. The van der Waals surface area contributed by atoms with Crippen molar-refractivity contribution in [3.8, 4) is 11.5 Å². The highest BCUT2D eigenvalue weighted by atomic mass is 16.5. The molecule has 0 saturated heterocycles. The van der Waals surface area contributed by atoms with Crippen molar-refractivity contribution in [2.45, 2.75) is 20.1 Å². The molecular weight excluding hydrogens is 236 g/mol. The van der Waals surface area contributed by atoms with Gasteiger partial charge in [0.15, 0.2) is 12.4 Å². The molecule has 0 fully saturated rings. The van der Waals surface area contributed by atoms with Crippen molar-refractivity contribution in [1.82, 2.24) is 10.1 Å². The summed E-state index contributed by atoms with van der Waals surface area (Å²) in [5.74, 6) is 2.14. The van der Waals surface area contributed by atoms with Crippen molar-refractivity contribution in [3.63, 3.8) is 0 Å². The summed E-state index contributed by atoms with van der Waals surface area (Å²) < 4.78 is 15.6. The molecule has 1 aromatic heterocycles. The second-order valence-corrected chi connectivity index (χ2v) is 3.66. The topological polar surface area (TPSA) is 77.6 Å². The molecule has 1 heterocycles. The van der Waals surface area contributed by atoms with Gasteiger partial charge >= 0.3 is 0 Å². The van der Waals surface area contributed by atoms with Crippen molar-refractivity contribution >= 4 is 0 Å². The zero-order valence-corrected chi connectivity index (χ0v) is 10.2. The Labute approximate surface area is 104 Å². The van der Waals surface area contributed by atoms with Crippen LogP contribution in [0.3, 0.4) is 0 Å². The van der Waals surface area contributed by atoms with E-state index in [0.717, 1.165) is 0 Å². The molecule has 1 N–H and O–H groups in total. The quantitative estimate of drug-likeness (QED) is 0.865. The monoisotopic (exact) mass is 250 g/mol. The summed E-state index contributed by atoms with van der Waals surface area (Å²) in [5, 5.41) is 12.9. The standard InChI is InChI=1S/C12H14N2O4/c1-8-13-12(18-14-8)7-17-11-5-10(16-2)4-3-9(11)6-15/h3-5,15H,6-7H2,1-2H3. The van der Waals surface area contributed by atoms with Gasteiger partial charge in [-0.15, -0.1) is 0 Å². The van der Waals surface area contributed by atoms with Gasteiger partial charge < -0.3 is 19.1 Å². The lowest BCUT2D eigenvalue weighted by atomic mass is 10.2. The van der Waals surface area contributed by atoms with Gasteiger partial charge in [-0.1, -0.05) is 5.16 Å². The molecule has 0 aliphatic carbocycles. The molecule has 0 aliphatic heterocycles. The minimum atomic E-state index is -0.109. The number of methoxy groups -OCH3 is 1. The fraction of sp³-hybridized carbons (Fsp3) is 0.333. The molecule has 18 heavy (non-hydrogen) atoms. The first-order chi connectivity index (χ1) is 8.72. The van der Waals surface area contributed by atoms with E-state index < -0.39 is 0 Å². The van der Waals surface area contributed by atoms with Gasteiger partial charge in [-0.2, -0.15) is 4.98 Å². The Balaban J connectivity index is 2.11. The number of aliphatic hydroxyl groups excluding tert-OH is 1. The number of hydrogen-bond donors (Lipinski definition) is 1. The first-order valence-corrected chi connectivity index (χ1v) is 5.42. The number of benzene rings is 1. The van der Waals surface area contributed by atoms with Gasteiger partial charge in [0.05, 0.1) is 13.7 Å². The second kappa shape index (κ2) is 5.50. The van der Waals surface area contributed by atoms with Gasteiger partial charge in [0, 0.05) is 11.6 Å². The van der Waals surface area contributed by atoms with Crippen LogP contribution in [-0.4, -0.2) is 22.4 Å². The lowest BCUT2D eigenvalue weighted by molar-refractivity contribution is 0.228. The first-order valence-electron chi connectivity index (χ1n) is 5.42. The predicted octanol–water partition coefficient (Wildman–Crippen LogP) is 1.46. The van der Waals surface area contributed by atoms with Gasteiger partial charge in [0.1, 0.15) is 11.5 Å². The number of aliphatic hydroxyl groups is 1. The molecule has 0 bridgehead atoms. The largest absolute Gasteiger partial charge is 0.497 e. The van der Waals surface area contributed by atoms with Gasteiger partial charge in [-0.25, -0.2) is 0 Å². The Hall–Kier alpha value is -2.08. The van der Waals surface area contributed by atoms with E-state index in [-0.39, 0.29) is 13.2 Å². The average Bonchev–Trinajstić information content (AvgIpc) is 2.81. The fourth-order valence-electron chi connectivity index (χ4n) is 1.46. The van der Waals surface area contributed by atoms with Crippen LogP contribution in [0.4, 0.5) is 0 Å². The third kappa shape index (κ3) is 2.78. The third-order valence-corrected chi connectivity index (χ3v) is 2.37. The van der Waals surface area contributed by atoms with E-state index in [9.17, 15) is 5.11 Å². The number of aromatic nitrogens is 2. The first kappa shape index (κ1) is 12.4. The van der Waals surface area contributed by atoms with E-state index in [2.05, 4.69) is 10.1 Å². The Kier molecular flexibility index (Phi) is 3.78. The van der Waals surface area contributed by atoms with E-state index in [1.165, 1.54) is 0 Å². The van der Waals surface area contributed by atoms with Crippen LogP contribution in [0.2, 0.25) is 0 Å². The van der Waals surface area contributed by atoms with Crippen LogP contribution in [-0.2, 0) is 13.2 Å². The molecule has 2 rings (SSSR count). The SMILES string of the molecule is COc1ccc(CO)c(OCc2nc(C)no2)c1. The van der Waals surface area contributed by atoms with Crippen molar-refractivity contribution in [1.29, 1.82) is 0 Å². The number of hydrogen-bond acceptors (Lipinski definition) is 6. The lowest BCUT2D eigenvalue weighted by Gasteiger charge is -2.10. The van der Waals surface area contributed by atoms with E-state index in [1.807, 2.05) is 0 Å². The van der Waals surface area contributed by atoms with Crippen LogP contribution in [0, 0.1) is 6.92 Å². The predicted molar refractivity (Wildman–Crippen MR) is 62.3 cm³/mol.